The lowest BCUT2D eigenvalue weighted by atomic mass is 10.1. The summed E-state index contributed by atoms with van der Waals surface area (Å²) >= 11 is 0. The number of carbonyl (C=O) groups excluding carboxylic acids is 1. The van der Waals surface area contributed by atoms with Crippen molar-refractivity contribution in [3.63, 3.8) is 0 Å². The van der Waals surface area contributed by atoms with Crippen molar-refractivity contribution in [2.24, 2.45) is 5.10 Å². The highest BCUT2D eigenvalue weighted by atomic mass is 16.5. The van der Waals surface area contributed by atoms with Crippen LogP contribution >= 0.6 is 0 Å². The number of amides is 1. The summed E-state index contributed by atoms with van der Waals surface area (Å²) in [6, 6.07) is 13.1. The Morgan fingerprint density at radius 3 is 2.48 bits per heavy atom. The van der Waals surface area contributed by atoms with Gasteiger partial charge in [0, 0.05) is 5.56 Å². The zero-order valence-corrected chi connectivity index (χ0v) is 15.1. The molecule has 0 heterocycles. The molecule has 0 bridgehead atoms. The van der Waals surface area contributed by atoms with Crippen LogP contribution in [0.5, 0.6) is 11.5 Å². The SMILES string of the molecule is CCc1ccc(/C=N/NC(=O)c2ccc(OC(C)C)c(OC)c2)cc1. The van der Waals surface area contributed by atoms with Crippen LogP contribution in [0.4, 0.5) is 0 Å². The molecule has 0 aliphatic heterocycles. The van der Waals surface area contributed by atoms with E-state index in [1.54, 1.807) is 31.5 Å². The molecule has 0 aromatic heterocycles. The molecular formula is C20H24N2O3. The molecule has 1 amide bonds. The maximum absolute atomic E-state index is 12.2. The van der Waals surface area contributed by atoms with E-state index in [9.17, 15) is 4.79 Å². The van der Waals surface area contributed by atoms with Gasteiger partial charge >= 0.3 is 0 Å². The molecule has 0 aliphatic carbocycles. The number of carbonyl (C=O) groups is 1. The molecule has 0 fully saturated rings. The fourth-order valence-corrected chi connectivity index (χ4v) is 2.23. The van der Waals surface area contributed by atoms with Gasteiger partial charge < -0.3 is 9.47 Å². The Bertz CT molecular complexity index is 737. The van der Waals surface area contributed by atoms with E-state index in [-0.39, 0.29) is 12.0 Å². The van der Waals surface area contributed by atoms with Gasteiger partial charge in [0.2, 0.25) is 0 Å². The Morgan fingerprint density at radius 1 is 1.16 bits per heavy atom. The molecule has 25 heavy (non-hydrogen) atoms. The first-order chi connectivity index (χ1) is 12.0. The van der Waals surface area contributed by atoms with E-state index in [1.165, 1.54) is 5.56 Å². The maximum Gasteiger partial charge on any atom is 0.271 e. The molecule has 2 rings (SSSR count). The number of hydrogen-bond acceptors (Lipinski definition) is 4. The second kappa shape index (κ2) is 8.87. The largest absolute Gasteiger partial charge is 0.493 e. The van der Waals surface area contributed by atoms with Crippen LogP contribution in [-0.4, -0.2) is 25.3 Å². The molecule has 0 spiro atoms. The highest BCUT2D eigenvalue weighted by Gasteiger charge is 2.11. The van der Waals surface area contributed by atoms with Crippen LogP contribution in [0.15, 0.2) is 47.6 Å². The van der Waals surface area contributed by atoms with Gasteiger partial charge in [0.15, 0.2) is 11.5 Å². The fourth-order valence-electron chi connectivity index (χ4n) is 2.23. The van der Waals surface area contributed by atoms with E-state index in [0.717, 1.165) is 12.0 Å². The zero-order valence-electron chi connectivity index (χ0n) is 15.1. The number of benzene rings is 2. The summed E-state index contributed by atoms with van der Waals surface area (Å²) in [7, 11) is 1.54. The minimum Gasteiger partial charge on any atom is -0.493 e. The summed E-state index contributed by atoms with van der Waals surface area (Å²) in [6.45, 7) is 5.97. The summed E-state index contributed by atoms with van der Waals surface area (Å²) in [5, 5.41) is 4.00. The van der Waals surface area contributed by atoms with Crippen LogP contribution < -0.4 is 14.9 Å². The van der Waals surface area contributed by atoms with E-state index in [4.69, 9.17) is 9.47 Å². The summed E-state index contributed by atoms with van der Waals surface area (Å²) in [5.74, 6) is 0.810. The maximum atomic E-state index is 12.2. The lowest BCUT2D eigenvalue weighted by molar-refractivity contribution is 0.0954. The minimum absolute atomic E-state index is 0.0253. The Morgan fingerprint density at radius 2 is 1.88 bits per heavy atom. The predicted octanol–water partition coefficient (Wildman–Crippen LogP) is 3.81. The standard InChI is InChI=1S/C20H24N2O3/c1-5-15-6-8-16(9-7-15)13-21-22-20(23)17-10-11-18(25-14(2)3)19(12-17)24-4/h6-14H,5H2,1-4H3,(H,22,23)/b21-13+. The van der Waals surface area contributed by atoms with Crippen LogP contribution in [0.25, 0.3) is 0 Å². The van der Waals surface area contributed by atoms with Crippen molar-refractivity contribution in [1.29, 1.82) is 0 Å². The van der Waals surface area contributed by atoms with Crippen molar-refractivity contribution in [1.82, 2.24) is 5.43 Å². The molecule has 0 atom stereocenters. The molecule has 0 saturated carbocycles. The Balaban J connectivity index is 2.03. The summed E-state index contributed by atoms with van der Waals surface area (Å²) in [4.78, 5) is 12.2. The van der Waals surface area contributed by atoms with Crippen molar-refractivity contribution in [2.75, 3.05) is 7.11 Å². The lowest BCUT2D eigenvalue weighted by Gasteiger charge is -2.14. The minimum atomic E-state index is -0.309. The summed E-state index contributed by atoms with van der Waals surface area (Å²) in [6.07, 6.45) is 2.63. The van der Waals surface area contributed by atoms with E-state index < -0.39 is 0 Å². The van der Waals surface area contributed by atoms with Crippen molar-refractivity contribution < 1.29 is 14.3 Å². The molecule has 0 unspecified atom stereocenters. The highest BCUT2D eigenvalue weighted by molar-refractivity contribution is 5.95. The summed E-state index contributed by atoms with van der Waals surface area (Å²) in [5.41, 5.74) is 5.16. The molecular weight excluding hydrogens is 316 g/mol. The number of aryl methyl sites for hydroxylation is 1. The molecule has 2 aromatic carbocycles. The van der Waals surface area contributed by atoms with Crippen LogP contribution in [0.2, 0.25) is 0 Å². The number of hydrazone groups is 1. The topological polar surface area (TPSA) is 59.9 Å². The van der Waals surface area contributed by atoms with Gasteiger partial charge in [-0.3, -0.25) is 4.79 Å². The molecule has 5 heteroatoms. The number of methoxy groups -OCH3 is 1. The number of nitrogens with one attached hydrogen (secondary N) is 1. The van der Waals surface area contributed by atoms with Gasteiger partial charge in [-0.2, -0.15) is 5.10 Å². The Kier molecular flexibility index (Phi) is 6.57. The van der Waals surface area contributed by atoms with Crippen molar-refractivity contribution in [3.8, 4) is 11.5 Å². The van der Waals surface area contributed by atoms with Crippen LogP contribution in [0, 0.1) is 0 Å². The third-order valence-corrected chi connectivity index (χ3v) is 3.56. The van der Waals surface area contributed by atoms with Gasteiger partial charge in [-0.1, -0.05) is 31.2 Å². The van der Waals surface area contributed by atoms with Gasteiger partial charge in [-0.05, 0) is 49.6 Å². The molecule has 0 aliphatic rings. The average molecular weight is 340 g/mol. The monoisotopic (exact) mass is 340 g/mol. The van der Waals surface area contributed by atoms with Gasteiger partial charge in [0.05, 0.1) is 19.4 Å². The van der Waals surface area contributed by atoms with Crippen LogP contribution in [0.1, 0.15) is 42.3 Å². The zero-order chi connectivity index (χ0) is 18.2. The van der Waals surface area contributed by atoms with Gasteiger partial charge in [-0.15, -0.1) is 0 Å². The third kappa shape index (κ3) is 5.35. The second-order valence-electron chi connectivity index (χ2n) is 5.83. The lowest BCUT2D eigenvalue weighted by Crippen LogP contribution is -2.18. The van der Waals surface area contributed by atoms with E-state index in [0.29, 0.717) is 17.1 Å². The highest BCUT2D eigenvalue weighted by Crippen LogP contribution is 2.28. The molecule has 132 valence electrons. The van der Waals surface area contributed by atoms with Crippen LogP contribution in [-0.2, 0) is 6.42 Å². The third-order valence-electron chi connectivity index (χ3n) is 3.56. The van der Waals surface area contributed by atoms with Gasteiger partial charge in [0.1, 0.15) is 0 Å². The van der Waals surface area contributed by atoms with E-state index in [2.05, 4.69) is 17.5 Å². The quantitative estimate of drug-likeness (QED) is 0.616. The van der Waals surface area contributed by atoms with Crippen LogP contribution in [0.3, 0.4) is 0 Å². The molecule has 2 aromatic rings. The first kappa shape index (κ1) is 18.5. The number of rotatable bonds is 7. The molecule has 5 nitrogen and oxygen atoms in total. The fraction of sp³-hybridized carbons (Fsp3) is 0.300. The van der Waals surface area contributed by atoms with E-state index >= 15 is 0 Å². The Hall–Kier alpha value is -2.82. The first-order valence-corrected chi connectivity index (χ1v) is 8.30. The van der Waals surface area contributed by atoms with Crippen molar-refractivity contribution >= 4 is 12.1 Å². The Labute approximate surface area is 148 Å². The average Bonchev–Trinajstić information content (AvgIpc) is 2.62. The smallest absolute Gasteiger partial charge is 0.271 e. The normalized spacial score (nSPS) is 10.9. The van der Waals surface area contributed by atoms with Gasteiger partial charge in [0.25, 0.3) is 5.91 Å². The number of nitrogens with zero attached hydrogens (tertiary/aromatic N) is 1. The molecule has 0 radical (unpaired) electrons. The predicted molar refractivity (Wildman–Crippen MR) is 99.6 cm³/mol. The second-order valence-corrected chi connectivity index (χ2v) is 5.83. The molecule has 1 N–H and O–H groups in total. The van der Waals surface area contributed by atoms with Crippen molar-refractivity contribution in [3.05, 3.63) is 59.2 Å². The first-order valence-electron chi connectivity index (χ1n) is 8.30. The summed E-state index contributed by atoms with van der Waals surface area (Å²) < 4.78 is 10.9. The van der Waals surface area contributed by atoms with E-state index in [1.807, 2.05) is 38.1 Å². The molecule has 0 saturated heterocycles. The van der Waals surface area contributed by atoms with Crippen molar-refractivity contribution in [2.45, 2.75) is 33.3 Å². The number of ether oxygens (including phenoxy) is 2. The number of hydrogen-bond donors (Lipinski definition) is 1. The van der Waals surface area contributed by atoms with Gasteiger partial charge in [-0.25, -0.2) is 5.43 Å².